The highest BCUT2D eigenvalue weighted by Crippen LogP contribution is 2.67. The molecule has 0 fully saturated rings. The summed E-state index contributed by atoms with van der Waals surface area (Å²) in [6.45, 7) is 12.2. The summed E-state index contributed by atoms with van der Waals surface area (Å²) in [6, 6.07) is 0. The van der Waals surface area contributed by atoms with Crippen molar-refractivity contribution in [3.8, 4) is 0 Å². The van der Waals surface area contributed by atoms with Crippen molar-refractivity contribution in [2.24, 2.45) is 35.0 Å². The van der Waals surface area contributed by atoms with Crippen LogP contribution in [0.4, 0.5) is 0 Å². The smallest absolute Gasteiger partial charge is 0.0274 e. The molecule has 6 unspecified atom stereocenters. The van der Waals surface area contributed by atoms with Crippen LogP contribution in [0.5, 0.6) is 0 Å². The van der Waals surface area contributed by atoms with Crippen molar-refractivity contribution in [1.82, 2.24) is 0 Å². The Hall–Kier alpha value is -1.48. The maximum absolute atomic E-state index is 3.27. The van der Waals surface area contributed by atoms with E-state index in [4.69, 9.17) is 0 Å². The average Bonchev–Trinajstić information content (AvgIpc) is 2.78. The second-order valence-corrected chi connectivity index (χ2v) is 8.36. The Morgan fingerprint density at radius 3 is 2.39 bits per heavy atom. The number of fused-ring (bicyclic) bond motifs is 2. The predicted molar refractivity (Wildman–Crippen MR) is 96.8 cm³/mol. The van der Waals surface area contributed by atoms with E-state index >= 15 is 0 Å². The molecule has 0 nitrogen and oxygen atoms in total. The lowest BCUT2D eigenvalue weighted by molar-refractivity contribution is 0.175. The van der Waals surface area contributed by atoms with Crippen LogP contribution < -0.4 is 0 Å². The standard InChI is InChI=1S/C23H28/c1-14-9-8-12-22-20(13-14)16(3)18(5)23(22)17(4)15(2)19-10-6-7-11-21(19)23/h8,10-12,14-18H,9,13H2,1-5H3. The normalized spacial score (nSPS) is 44.3. The van der Waals surface area contributed by atoms with E-state index in [-0.39, 0.29) is 5.41 Å². The Morgan fingerprint density at radius 2 is 1.61 bits per heavy atom. The highest BCUT2D eigenvalue weighted by molar-refractivity contribution is 5.58. The largest absolute Gasteiger partial charge is 0.0840 e. The van der Waals surface area contributed by atoms with Crippen LogP contribution in [0.25, 0.3) is 0 Å². The Morgan fingerprint density at radius 1 is 0.913 bits per heavy atom. The maximum Gasteiger partial charge on any atom is 0.0274 e. The minimum atomic E-state index is 0.190. The first kappa shape index (κ1) is 15.1. The van der Waals surface area contributed by atoms with Gasteiger partial charge in [-0.2, -0.15) is 0 Å². The second kappa shape index (κ2) is 5.01. The lowest BCUT2D eigenvalue weighted by Gasteiger charge is -2.41. The molecule has 1 spiro atoms. The lowest BCUT2D eigenvalue weighted by Crippen LogP contribution is -2.35. The molecule has 120 valence electrons. The Bertz CT molecular complexity index is 743. The van der Waals surface area contributed by atoms with Crippen molar-refractivity contribution in [3.63, 3.8) is 0 Å². The van der Waals surface area contributed by atoms with Crippen molar-refractivity contribution in [3.05, 3.63) is 58.1 Å². The fourth-order valence-corrected chi connectivity index (χ4v) is 5.96. The predicted octanol–water partition coefficient (Wildman–Crippen LogP) is 6.00. The minimum absolute atomic E-state index is 0.190. The molecule has 6 atom stereocenters. The molecule has 4 aliphatic rings. The lowest BCUT2D eigenvalue weighted by atomic mass is 9.62. The third-order valence-electron chi connectivity index (χ3n) is 7.44. The number of allylic oxidation sites excluding steroid dienone is 8. The zero-order valence-electron chi connectivity index (χ0n) is 15.1. The van der Waals surface area contributed by atoms with Crippen LogP contribution in [0.1, 0.15) is 47.5 Å². The summed E-state index contributed by atoms with van der Waals surface area (Å²) in [7, 11) is 0. The van der Waals surface area contributed by atoms with Gasteiger partial charge in [-0.15, -0.1) is 0 Å². The molecule has 0 aliphatic heterocycles. The first-order valence-electron chi connectivity index (χ1n) is 9.31. The molecule has 0 amide bonds. The van der Waals surface area contributed by atoms with Gasteiger partial charge >= 0.3 is 0 Å². The van der Waals surface area contributed by atoms with E-state index in [0.29, 0.717) is 23.7 Å². The molecule has 4 aliphatic carbocycles. The SMILES string of the molecule is CC1CC=CC2=C(C1)C(C)C(C)C21C2=C(C=C=C=C2)C(C)C1C. The Kier molecular flexibility index (Phi) is 3.28. The van der Waals surface area contributed by atoms with E-state index in [0.717, 1.165) is 5.92 Å². The highest BCUT2D eigenvalue weighted by atomic mass is 14.6. The number of hydrogen-bond acceptors (Lipinski definition) is 0. The fourth-order valence-electron chi connectivity index (χ4n) is 5.96. The summed E-state index contributed by atoms with van der Waals surface area (Å²) >= 11 is 0. The van der Waals surface area contributed by atoms with Crippen molar-refractivity contribution in [2.75, 3.05) is 0 Å². The van der Waals surface area contributed by atoms with Crippen LogP contribution in [-0.2, 0) is 0 Å². The van der Waals surface area contributed by atoms with E-state index < -0.39 is 0 Å². The topological polar surface area (TPSA) is 0 Å². The van der Waals surface area contributed by atoms with E-state index in [2.05, 4.69) is 70.4 Å². The molecule has 0 N–H and O–H groups in total. The second-order valence-electron chi connectivity index (χ2n) is 8.36. The van der Waals surface area contributed by atoms with Gasteiger partial charge in [0.1, 0.15) is 0 Å². The van der Waals surface area contributed by atoms with Crippen molar-refractivity contribution in [2.45, 2.75) is 47.5 Å². The molecule has 0 saturated heterocycles. The van der Waals surface area contributed by atoms with Crippen LogP contribution in [0, 0.1) is 35.0 Å². The van der Waals surface area contributed by atoms with Gasteiger partial charge in [0.25, 0.3) is 0 Å². The summed E-state index contributed by atoms with van der Waals surface area (Å²) in [6.07, 6.45) is 11.9. The number of rotatable bonds is 0. The first-order valence-corrected chi connectivity index (χ1v) is 9.31. The van der Waals surface area contributed by atoms with Crippen LogP contribution >= 0.6 is 0 Å². The van der Waals surface area contributed by atoms with Crippen molar-refractivity contribution in [1.29, 1.82) is 0 Å². The Labute approximate surface area is 141 Å². The van der Waals surface area contributed by atoms with Crippen molar-refractivity contribution < 1.29 is 0 Å². The first-order chi connectivity index (χ1) is 11.0. The summed E-state index contributed by atoms with van der Waals surface area (Å²) < 4.78 is 0. The van der Waals surface area contributed by atoms with Gasteiger partial charge in [-0.25, -0.2) is 0 Å². The molecule has 0 aromatic rings. The van der Waals surface area contributed by atoms with E-state index in [9.17, 15) is 0 Å². The van der Waals surface area contributed by atoms with Gasteiger partial charge in [0.2, 0.25) is 0 Å². The third kappa shape index (κ3) is 1.74. The molecule has 4 rings (SSSR count). The molecule has 0 heterocycles. The van der Waals surface area contributed by atoms with E-state index in [1.807, 2.05) is 0 Å². The molecule has 0 aromatic carbocycles. The summed E-state index contributed by atoms with van der Waals surface area (Å²) in [5, 5.41) is 0. The maximum atomic E-state index is 3.27. The molecule has 0 saturated carbocycles. The molecule has 0 radical (unpaired) electrons. The van der Waals surface area contributed by atoms with Gasteiger partial charge in [-0.1, -0.05) is 63.8 Å². The molecular formula is C23H28. The molecule has 0 heteroatoms. The van der Waals surface area contributed by atoms with Crippen LogP contribution in [-0.4, -0.2) is 0 Å². The highest BCUT2D eigenvalue weighted by Gasteiger charge is 2.59. The van der Waals surface area contributed by atoms with E-state index in [1.165, 1.54) is 18.4 Å². The van der Waals surface area contributed by atoms with E-state index in [1.54, 1.807) is 16.7 Å². The van der Waals surface area contributed by atoms with Gasteiger partial charge < -0.3 is 0 Å². The minimum Gasteiger partial charge on any atom is -0.0840 e. The summed E-state index contributed by atoms with van der Waals surface area (Å²) in [5.41, 5.74) is 13.1. The summed E-state index contributed by atoms with van der Waals surface area (Å²) in [5.74, 6) is 3.36. The quantitative estimate of drug-likeness (QED) is 0.481. The average molecular weight is 304 g/mol. The monoisotopic (exact) mass is 304 g/mol. The number of hydrogen-bond donors (Lipinski definition) is 0. The summed E-state index contributed by atoms with van der Waals surface area (Å²) in [4.78, 5) is 0. The van der Waals surface area contributed by atoms with Crippen LogP contribution in [0.3, 0.4) is 0 Å². The van der Waals surface area contributed by atoms with Gasteiger partial charge in [0.05, 0.1) is 0 Å². The van der Waals surface area contributed by atoms with Gasteiger partial charge in [0, 0.05) is 5.41 Å². The van der Waals surface area contributed by atoms with Crippen LogP contribution in [0.2, 0.25) is 0 Å². The van der Waals surface area contributed by atoms with Gasteiger partial charge in [-0.05, 0) is 71.3 Å². The zero-order valence-corrected chi connectivity index (χ0v) is 15.1. The van der Waals surface area contributed by atoms with Gasteiger partial charge in [0.15, 0.2) is 0 Å². The molecule has 0 bridgehead atoms. The third-order valence-corrected chi connectivity index (χ3v) is 7.44. The molecule has 0 aromatic heterocycles. The molecule has 23 heavy (non-hydrogen) atoms. The fraction of sp³-hybridized carbons (Fsp3) is 0.565. The van der Waals surface area contributed by atoms with Gasteiger partial charge in [-0.3, -0.25) is 0 Å². The zero-order chi connectivity index (χ0) is 16.4. The van der Waals surface area contributed by atoms with Crippen molar-refractivity contribution >= 4 is 0 Å². The van der Waals surface area contributed by atoms with Crippen LogP contribution in [0.15, 0.2) is 58.1 Å². The Balaban J connectivity index is 1.98. The molecular weight excluding hydrogens is 276 g/mol.